The molecular formula is C14H22N4O3. The van der Waals surface area contributed by atoms with Crippen molar-refractivity contribution in [2.24, 2.45) is 17.8 Å². The smallest absolute Gasteiger partial charge is 0.307 e. The van der Waals surface area contributed by atoms with Crippen LogP contribution in [0.25, 0.3) is 0 Å². The molecule has 0 spiro atoms. The molecule has 1 amide bonds. The third-order valence-corrected chi connectivity index (χ3v) is 4.35. The summed E-state index contributed by atoms with van der Waals surface area (Å²) in [7, 11) is 0. The summed E-state index contributed by atoms with van der Waals surface area (Å²) in [5, 5.41) is 19.8. The number of carboxylic acids is 1. The fourth-order valence-electron chi connectivity index (χ4n) is 3.02. The third-order valence-electron chi connectivity index (χ3n) is 4.35. The van der Waals surface area contributed by atoms with Crippen molar-refractivity contribution < 1.29 is 14.7 Å². The molecule has 0 bridgehead atoms. The van der Waals surface area contributed by atoms with Crippen LogP contribution < -0.4 is 5.32 Å². The average molecular weight is 294 g/mol. The second-order valence-corrected chi connectivity index (χ2v) is 5.55. The summed E-state index contributed by atoms with van der Waals surface area (Å²) in [5.41, 5.74) is 0. The molecule has 116 valence electrons. The fraction of sp³-hybridized carbons (Fsp3) is 0.714. The number of amides is 1. The molecule has 21 heavy (non-hydrogen) atoms. The summed E-state index contributed by atoms with van der Waals surface area (Å²) in [6.07, 6.45) is 3.77. The fourth-order valence-corrected chi connectivity index (χ4v) is 3.02. The SMILES string of the molecule is CCC1CC(C(=O)O)C(C(=O)NCc2nncn2CC)C1. The van der Waals surface area contributed by atoms with E-state index in [-0.39, 0.29) is 12.5 Å². The number of carbonyl (C=O) groups excluding carboxylic acids is 1. The highest BCUT2D eigenvalue weighted by Crippen LogP contribution is 2.38. The second-order valence-electron chi connectivity index (χ2n) is 5.55. The van der Waals surface area contributed by atoms with Crippen LogP contribution in [0, 0.1) is 17.8 Å². The standard InChI is InChI=1S/C14H22N4O3/c1-3-9-5-10(11(6-9)14(20)21)13(19)15-7-12-17-16-8-18(12)4-2/h8-11H,3-7H2,1-2H3,(H,15,19)(H,20,21). The molecule has 0 saturated heterocycles. The topological polar surface area (TPSA) is 97.1 Å². The minimum atomic E-state index is -0.872. The Morgan fingerprint density at radius 3 is 2.71 bits per heavy atom. The first-order valence-electron chi connectivity index (χ1n) is 7.43. The maximum Gasteiger partial charge on any atom is 0.307 e. The van der Waals surface area contributed by atoms with Crippen LogP contribution in [0.3, 0.4) is 0 Å². The van der Waals surface area contributed by atoms with Gasteiger partial charge in [-0.15, -0.1) is 10.2 Å². The Bertz CT molecular complexity index is 514. The summed E-state index contributed by atoms with van der Waals surface area (Å²) in [6.45, 7) is 5.02. The van der Waals surface area contributed by atoms with Crippen LogP contribution in [-0.4, -0.2) is 31.7 Å². The Balaban J connectivity index is 1.97. The molecule has 7 heteroatoms. The first-order chi connectivity index (χ1) is 10.1. The van der Waals surface area contributed by atoms with E-state index in [9.17, 15) is 14.7 Å². The zero-order valence-corrected chi connectivity index (χ0v) is 12.5. The molecule has 2 rings (SSSR count). The zero-order chi connectivity index (χ0) is 15.4. The molecule has 2 N–H and O–H groups in total. The Morgan fingerprint density at radius 2 is 2.10 bits per heavy atom. The molecule has 0 radical (unpaired) electrons. The number of nitrogens with zero attached hydrogens (tertiary/aromatic N) is 3. The number of hydrogen-bond donors (Lipinski definition) is 2. The molecule has 7 nitrogen and oxygen atoms in total. The number of hydrogen-bond acceptors (Lipinski definition) is 4. The Labute approximate surface area is 123 Å². The Kier molecular flexibility index (Phi) is 4.93. The van der Waals surface area contributed by atoms with Crippen LogP contribution in [0.4, 0.5) is 0 Å². The summed E-state index contributed by atoms with van der Waals surface area (Å²) < 4.78 is 1.85. The van der Waals surface area contributed by atoms with Gasteiger partial charge in [0.15, 0.2) is 5.82 Å². The van der Waals surface area contributed by atoms with Crippen molar-refractivity contribution in [2.45, 2.75) is 46.2 Å². The van der Waals surface area contributed by atoms with E-state index in [1.165, 1.54) is 0 Å². The largest absolute Gasteiger partial charge is 0.481 e. The summed E-state index contributed by atoms with van der Waals surface area (Å²) >= 11 is 0. The van der Waals surface area contributed by atoms with Crippen molar-refractivity contribution >= 4 is 11.9 Å². The predicted octanol–water partition coefficient (Wildman–Crippen LogP) is 1.05. The van der Waals surface area contributed by atoms with Crippen molar-refractivity contribution in [3.8, 4) is 0 Å². The Hall–Kier alpha value is -1.92. The highest BCUT2D eigenvalue weighted by Gasteiger charge is 2.42. The van der Waals surface area contributed by atoms with E-state index >= 15 is 0 Å². The molecule has 0 aromatic carbocycles. The second kappa shape index (κ2) is 6.69. The van der Waals surface area contributed by atoms with Crippen molar-refractivity contribution in [1.29, 1.82) is 0 Å². The molecule has 3 unspecified atom stereocenters. The maximum absolute atomic E-state index is 12.3. The maximum atomic E-state index is 12.3. The van der Waals surface area contributed by atoms with Gasteiger partial charge in [-0.3, -0.25) is 9.59 Å². The van der Waals surface area contributed by atoms with E-state index in [1.807, 2.05) is 18.4 Å². The minimum absolute atomic E-state index is 0.191. The number of carbonyl (C=O) groups is 2. The van der Waals surface area contributed by atoms with Crippen LogP contribution in [0.2, 0.25) is 0 Å². The summed E-state index contributed by atoms with van der Waals surface area (Å²) in [6, 6.07) is 0. The number of nitrogens with one attached hydrogen (secondary N) is 1. The third kappa shape index (κ3) is 3.40. The van der Waals surface area contributed by atoms with Gasteiger partial charge in [0.2, 0.25) is 5.91 Å². The van der Waals surface area contributed by atoms with E-state index in [1.54, 1.807) is 6.33 Å². The van der Waals surface area contributed by atoms with Gasteiger partial charge in [-0.05, 0) is 25.7 Å². The quantitative estimate of drug-likeness (QED) is 0.817. The van der Waals surface area contributed by atoms with Crippen molar-refractivity contribution in [1.82, 2.24) is 20.1 Å². The molecule has 3 atom stereocenters. The summed E-state index contributed by atoms with van der Waals surface area (Å²) in [4.78, 5) is 23.6. The van der Waals surface area contributed by atoms with Crippen LogP contribution in [0.15, 0.2) is 6.33 Å². The minimum Gasteiger partial charge on any atom is -0.481 e. The normalized spacial score (nSPS) is 25.0. The number of aliphatic carboxylic acids is 1. The molecule has 1 heterocycles. The molecule has 1 saturated carbocycles. The number of rotatable bonds is 6. The molecule has 1 aromatic rings. The van der Waals surface area contributed by atoms with Crippen molar-refractivity contribution in [3.05, 3.63) is 12.2 Å². The number of aromatic nitrogens is 3. The van der Waals surface area contributed by atoms with Gasteiger partial charge in [-0.2, -0.15) is 0 Å². The van der Waals surface area contributed by atoms with E-state index in [4.69, 9.17) is 0 Å². The lowest BCUT2D eigenvalue weighted by Gasteiger charge is -2.15. The average Bonchev–Trinajstić information content (AvgIpc) is 3.10. The lowest BCUT2D eigenvalue weighted by atomic mass is 9.95. The van der Waals surface area contributed by atoms with Gasteiger partial charge in [0, 0.05) is 6.54 Å². The van der Waals surface area contributed by atoms with Gasteiger partial charge in [0.1, 0.15) is 6.33 Å². The zero-order valence-electron chi connectivity index (χ0n) is 12.5. The van der Waals surface area contributed by atoms with Crippen molar-refractivity contribution in [2.75, 3.05) is 0 Å². The van der Waals surface area contributed by atoms with Gasteiger partial charge in [-0.1, -0.05) is 13.3 Å². The first kappa shape index (κ1) is 15.5. The van der Waals surface area contributed by atoms with Gasteiger partial charge < -0.3 is 15.0 Å². The lowest BCUT2D eigenvalue weighted by Crippen LogP contribution is -2.35. The number of carboxylic acid groups (broad SMARTS) is 1. The van der Waals surface area contributed by atoms with E-state index in [0.717, 1.165) is 13.0 Å². The van der Waals surface area contributed by atoms with E-state index in [0.29, 0.717) is 24.6 Å². The van der Waals surface area contributed by atoms with Gasteiger partial charge in [-0.25, -0.2) is 0 Å². The predicted molar refractivity (Wildman–Crippen MR) is 75.2 cm³/mol. The number of aryl methyl sites for hydroxylation is 1. The van der Waals surface area contributed by atoms with Gasteiger partial charge in [0.25, 0.3) is 0 Å². The first-order valence-corrected chi connectivity index (χ1v) is 7.43. The molecule has 1 fully saturated rings. The van der Waals surface area contributed by atoms with Gasteiger partial charge >= 0.3 is 5.97 Å². The van der Waals surface area contributed by atoms with Gasteiger partial charge in [0.05, 0.1) is 18.4 Å². The lowest BCUT2D eigenvalue weighted by molar-refractivity contribution is -0.146. The van der Waals surface area contributed by atoms with Crippen molar-refractivity contribution in [3.63, 3.8) is 0 Å². The molecule has 1 aliphatic carbocycles. The molecular weight excluding hydrogens is 272 g/mol. The molecule has 0 aliphatic heterocycles. The Morgan fingerprint density at radius 1 is 1.38 bits per heavy atom. The van der Waals surface area contributed by atoms with Crippen LogP contribution in [0.1, 0.15) is 38.9 Å². The van der Waals surface area contributed by atoms with Crippen LogP contribution in [0.5, 0.6) is 0 Å². The summed E-state index contributed by atoms with van der Waals surface area (Å²) in [5.74, 6) is -1.07. The monoisotopic (exact) mass is 294 g/mol. The molecule has 1 aromatic heterocycles. The highest BCUT2D eigenvalue weighted by molar-refractivity contribution is 5.85. The van der Waals surface area contributed by atoms with Crippen LogP contribution >= 0.6 is 0 Å². The van der Waals surface area contributed by atoms with Crippen LogP contribution in [-0.2, 0) is 22.7 Å². The molecule has 1 aliphatic rings. The van der Waals surface area contributed by atoms with E-state index in [2.05, 4.69) is 15.5 Å². The van der Waals surface area contributed by atoms with E-state index < -0.39 is 17.8 Å². The highest BCUT2D eigenvalue weighted by atomic mass is 16.4.